The summed E-state index contributed by atoms with van der Waals surface area (Å²) in [7, 11) is -2.53. The summed E-state index contributed by atoms with van der Waals surface area (Å²) < 4.78 is 61.1. The van der Waals surface area contributed by atoms with Gasteiger partial charge in [-0.2, -0.15) is 13.2 Å². The quantitative estimate of drug-likeness (QED) is 0.856. The molecule has 1 aromatic rings. The Hall–Kier alpha value is -1.35. The van der Waals surface area contributed by atoms with E-state index in [1.54, 1.807) is 0 Å². The Morgan fingerprint density at radius 2 is 2.06 bits per heavy atom. The highest BCUT2D eigenvalue weighted by Crippen LogP contribution is 2.20. The van der Waals surface area contributed by atoms with Crippen LogP contribution in [-0.2, 0) is 10.0 Å². The number of aromatic nitrogens is 1. The number of nitrogens with zero attached hydrogens (tertiary/aromatic N) is 1. The first-order valence-electron chi connectivity index (χ1n) is 4.95. The number of hydrogen-bond acceptors (Lipinski definition) is 4. The number of sulfonamides is 1. The molecule has 18 heavy (non-hydrogen) atoms. The number of rotatable bonds is 5. The fourth-order valence-electron chi connectivity index (χ4n) is 1.20. The van der Waals surface area contributed by atoms with E-state index in [2.05, 4.69) is 10.3 Å². The van der Waals surface area contributed by atoms with Gasteiger partial charge in [0.05, 0.1) is 6.42 Å². The average molecular weight is 283 g/mol. The Morgan fingerprint density at radius 3 is 2.61 bits per heavy atom. The molecule has 102 valence electrons. The van der Waals surface area contributed by atoms with Gasteiger partial charge >= 0.3 is 6.18 Å². The monoisotopic (exact) mass is 283 g/mol. The molecule has 0 radical (unpaired) electrons. The van der Waals surface area contributed by atoms with Crippen LogP contribution in [0.3, 0.4) is 0 Å². The molecule has 0 aliphatic heterocycles. The molecule has 0 unspecified atom stereocenters. The van der Waals surface area contributed by atoms with Crippen molar-refractivity contribution in [3.63, 3.8) is 0 Å². The Bertz CT molecular complexity index is 502. The van der Waals surface area contributed by atoms with E-state index < -0.39 is 29.2 Å². The van der Waals surface area contributed by atoms with Gasteiger partial charge in [-0.1, -0.05) is 0 Å². The highest BCUT2D eigenvalue weighted by molar-refractivity contribution is 7.89. The van der Waals surface area contributed by atoms with Gasteiger partial charge in [0.25, 0.3) is 0 Å². The third-order valence-corrected chi connectivity index (χ3v) is 3.49. The topological polar surface area (TPSA) is 71.1 Å². The maximum atomic E-state index is 11.9. The molecule has 9 heteroatoms. The highest BCUT2D eigenvalue weighted by Gasteiger charge is 2.28. The second-order valence-corrected chi connectivity index (χ2v) is 5.10. The number of nitrogens with one attached hydrogen (secondary N) is 2. The molecule has 2 N–H and O–H groups in total. The molecule has 1 rings (SSSR count). The summed E-state index contributed by atoms with van der Waals surface area (Å²) in [6, 6.07) is 2.65. The first-order chi connectivity index (χ1) is 8.26. The molecule has 0 amide bonds. The fraction of sp³-hybridized carbons (Fsp3) is 0.444. The SMILES string of the molecule is CNc1ncccc1S(=O)(=O)NCCC(F)(F)F. The van der Waals surface area contributed by atoms with Crippen LogP contribution in [0.4, 0.5) is 19.0 Å². The van der Waals surface area contributed by atoms with Crippen LogP contribution in [0.2, 0.25) is 0 Å². The van der Waals surface area contributed by atoms with E-state index in [-0.39, 0.29) is 10.7 Å². The van der Waals surface area contributed by atoms with Gasteiger partial charge in [-0.15, -0.1) is 0 Å². The molecule has 0 atom stereocenters. The van der Waals surface area contributed by atoms with Crippen LogP contribution in [0.5, 0.6) is 0 Å². The third-order valence-electron chi connectivity index (χ3n) is 2.00. The molecular formula is C9H12F3N3O2S. The van der Waals surface area contributed by atoms with Crippen molar-refractivity contribution in [2.45, 2.75) is 17.5 Å². The van der Waals surface area contributed by atoms with Crippen molar-refractivity contribution in [3.05, 3.63) is 18.3 Å². The third kappa shape index (κ3) is 4.15. The van der Waals surface area contributed by atoms with Gasteiger partial charge in [-0.3, -0.25) is 0 Å². The normalized spacial score (nSPS) is 12.4. The molecule has 5 nitrogen and oxygen atoms in total. The average Bonchev–Trinajstić information content (AvgIpc) is 2.27. The Kier molecular flexibility index (Phi) is 4.52. The standard InChI is InChI=1S/C9H12F3N3O2S/c1-13-8-7(3-2-5-14-8)18(16,17)15-6-4-9(10,11)12/h2-3,5,15H,4,6H2,1H3,(H,13,14). The molecular weight excluding hydrogens is 271 g/mol. The lowest BCUT2D eigenvalue weighted by Crippen LogP contribution is -2.28. The van der Waals surface area contributed by atoms with Crippen LogP contribution in [0.25, 0.3) is 0 Å². The van der Waals surface area contributed by atoms with E-state index in [1.165, 1.54) is 25.4 Å². The summed E-state index contributed by atoms with van der Waals surface area (Å²) in [5.74, 6) is 0.0806. The second-order valence-electron chi connectivity index (χ2n) is 3.36. The van der Waals surface area contributed by atoms with Crippen LogP contribution in [0, 0.1) is 0 Å². The van der Waals surface area contributed by atoms with Crippen molar-refractivity contribution in [1.29, 1.82) is 0 Å². The number of alkyl halides is 3. The molecule has 0 aliphatic carbocycles. The fourth-order valence-corrected chi connectivity index (χ4v) is 2.39. The zero-order chi connectivity index (χ0) is 13.8. The van der Waals surface area contributed by atoms with E-state index in [0.717, 1.165) is 0 Å². The van der Waals surface area contributed by atoms with Gasteiger partial charge < -0.3 is 5.32 Å². The molecule has 0 saturated carbocycles. The minimum Gasteiger partial charge on any atom is -0.372 e. The van der Waals surface area contributed by atoms with Crippen LogP contribution in [0.1, 0.15) is 6.42 Å². The van der Waals surface area contributed by atoms with E-state index in [9.17, 15) is 21.6 Å². The maximum absolute atomic E-state index is 11.9. The Balaban J connectivity index is 2.81. The lowest BCUT2D eigenvalue weighted by Gasteiger charge is -2.11. The Morgan fingerprint density at radius 1 is 1.39 bits per heavy atom. The van der Waals surface area contributed by atoms with Crippen LogP contribution >= 0.6 is 0 Å². The van der Waals surface area contributed by atoms with E-state index in [0.29, 0.717) is 0 Å². The summed E-state index contributed by atoms with van der Waals surface area (Å²) in [5.41, 5.74) is 0. The van der Waals surface area contributed by atoms with Crippen LogP contribution in [-0.4, -0.2) is 33.2 Å². The van der Waals surface area contributed by atoms with Gasteiger partial charge in [-0.25, -0.2) is 18.1 Å². The lowest BCUT2D eigenvalue weighted by molar-refractivity contribution is -0.132. The van der Waals surface area contributed by atoms with Crippen molar-refractivity contribution in [3.8, 4) is 0 Å². The maximum Gasteiger partial charge on any atom is 0.390 e. The van der Waals surface area contributed by atoms with Gasteiger partial charge in [-0.05, 0) is 12.1 Å². The van der Waals surface area contributed by atoms with E-state index in [1.807, 2.05) is 4.72 Å². The van der Waals surface area contributed by atoms with Crippen molar-refractivity contribution in [2.24, 2.45) is 0 Å². The number of hydrogen-bond donors (Lipinski definition) is 2. The largest absolute Gasteiger partial charge is 0.390 e. The molecule has 1 aromatic heterocycles. The highest BCUT2D eigenvalue weighted by atomic mass is 32.2. The van der Waals surface area contributed by atoms with Crippen molar-refractivity contribution < 1.29 is 21.6 Å². The van der Waals surface area contributed by atoms with Gasteiger partial charge in [0, 0.05) is 19.8 Å². The zero-order valence-corrected chi connectivity index (χ0v) is 10.3. The summed E-state index contributed by atoms with van der Waals surface area (Å²) in [6.07, 6.45) is -4.24. The number of anilines is 1. The van der Waals surface area contributed by atoms with Gasteiger partial charge in [0.1, 0.15) is 10.7 Å². The lowest BCUT2D eigenvalue weighted by atomic mass is 10.4. The molecule has 0 bridgehead atoms. The van der Waals surface area contributed by atoms with Gasteiger partial charge in [0.2, 0.25) is 10.0 Å². The smallest absolute Gasteiger partial charge is 0.372 e. The molecule has 0 aromatic carbocycles. The molecule has 0 fully saturated rings. The van der Waals surface area contributed by atoms with Crippen molar-refractivity contribution in [1.82, 2.24) is 9.71 Å². The Labute approximate surface area is 102 Å². The predicted octanol–water partition coefficient (Wildman–Crippen LogP) is 1.35. The van der Waals surface area contributed by atoms with Crippen LogP contribution < -0.4 is 10.0 Å². The molecule has 0 spiro atoms. The summed E-state index contributed by atoms with van der Waals surface area (Å²) in [4.78, 5) is 3.58. The summed E-state index contributed by atoms with van der Waals surface area (Å²) in [5, 5.41) is 2.56. The van der Waals surface area contributed by atoms with Crippen LogP contribution in [0.15, 0.2) is 23.2 Å². The zero-order valence-electron chi connectivity index (χ0n) is 9.45. The van der Waals surface area contributed by atoms with Gasteiger partial charge in [0.15, 0.2) is 0 Å². The minimum absolute atomic E-state index is 0.0806. The molecule has 0 saturated heterocycles. The van der Waals surface area contributed by atoms with E-state index in [4.69, 9.17) is 0 Å². The predicted molar refractivity (Wildman–Crippen MR) is 59.6 cm³/mol. The number of halogens is 3. The molecule has 1 heterocycles. The summed E-state index contributed by atoms with van der Waals surface area (Å²) in [6.45, 7) is -0.704. The van der Waals surface area contributed by atoms with Crippen molar-refractivity contribution in [2.75, 3.05) is 18.9 Å². The minimum atomic E-state index is -4.40. The molecule has 0 aliphatic rings. The first kappa shape index (κ1) is 14.7. The second kappa shape index (κ2) is 5.53. The van der Waals surface area contributed by atoms with E-state index >= 15 is 0 Å². The number of pyridine rings is 1. The first-order valence-corrected chi connectivity index (χ1v) is 6.44. The summed E-state index contributed by atoms with van der Waals surface area (Å²) >= 11 is 0. The van der Waals surface area contributed by atoms with Crippen molar-refractivity contribution >= 4 is 15.8 Å².